The van der Waals surface area contributed by atoms with Crippen molar-refractivity contribution in [1.82, 2.24) is 9.62 Å². The lowest BCUT2D eigenvalue weighted by Gasteiger charge is -2.36. The Bertz CT molecular complexity index is 2770. The third-order valence-corrected chi connectivity index (χ3v) is 21.9. The maximum atomic E-state index is 14.3. The molecule has 6 rings (SSSR count). The van der Waals surface area contributed by atoms with Gasteiger partial charge in [-0.05, 0) is 135 Å². The summed E-state index contributed by atoms with van der Waals surface area (Å²) in [6, 6.07) is 33.5. The Morgan fingerprint density at radius 2 is 1.50 bits per heavy atom. The molecule has 0 radical (unpaired) electrons. The van der Waals surface area contributed by atoms with Crippen molar-refractivity contribution in [3.05, 3.63) is 138 Å². The Morgan fingerprint density at radius 3 is 2.13 bits per heavy atom. The number of aliphatic hydroxyl groups is 1. The molecule has 0 bridgehead atoms. The van der Waals surface area contributed by atoms with Gasteiger partial charge in [0.1, 0.15) is 4.90 Å². The fourth-order valence-corrected chi connectivity index (χ4v) is 12.0. The van der Waals surface area contributed by atoms with E-state index in [4.69, 9.17) is 4.43 Å². The largest absolute Gasteiger partial charge is 0.501 e. The average Bonchev–Trinajstić information content (AvgIpc) is 3.32. The van der Waals surface area contributed by atoms with E-state index in [1.54, 1.807) is 12.1 Å². The molecule has 1 fully saturated rings. The molecular formula is C52H65F3N4O7S3Si. The van der Waals surface area contributed by atoms with Crippen molar-refractivity contribution in [1.29, 1.82) is 0 Å². The van der Waals surface area contributed by atoms with Crippen LogP contribution in [0.3, 0.4) is 0 Å². The summed E-state index contributed by atoms with van der Waals surface area (Å²) in [4.78, 5) is 16.3. The van der Waals surface area contributed by atoms with Gasteiger partial charge in [-0.3, -0.25) is 4.79 Å². The van der Waals surface area contributed by atoms with Crippen LogP contribution in [0.1, 0.15) is 67.6 Å². The van der Waals surface area contributed by atoms with Gasteiger partial charge in [0, 0.05) is 54.2 Å². The average molecular weight is 1040 g/mol. The number of carbonyl (C=O) groups excluding carboxylic acids is 1. The minimum Gasteiger partial charge on any atom is -0.416 e. The lowest BCUT2D eigenvalue weighted by molar-refractivity contribution is -0.0435. The number of hydrogen-bond donors (Lipinski definition) is 3. The topological polar surface area (TPSA) is 145 Å². The summed E-state index contributed by atoms with van der Waals surface area (Å²) in [7, 11) is -11.1. The van der Waals surface area contributed by atoms with Gasteiger partial charge >= 0.3 is 5.51 Å². The van der Waals surface area contributed by atoms with Crippen molar-refractivity contribution in [2.45, 2.75) is 97.4 Å². The number of nitrogens with one attached hydrogen (secondary N) is 2. The summed E-state index contributed by atoms with van der Waals surface area (Å²) in [6.45, 7) is 15.6. The summed E-state index contributed by atoms with van der Waals surface area (Å²) in [5.41, 5.74) is -1.41. The van der Waals surface area contributed by atoms with E-state index in [1.165, 1.54) is 23.9 Å². The Labute approximate surface area is 417 Å². The summed E-state index contributed by atoms with van der Waals surface area (Å²) in [5.74, 6) is -0.714. The molecule has 378 valence electrons. The van der Waals surface area contributed by atoms with Crippen molar-refractivity contribution in [3.63, 3.8) is 0 Å². The zero-order valence-electron chi connectivity index (χ0n) is 40.8. The van der Waals surface area contributed by atoms with Gasteiger partial charge in [0.2, 0.25) is 0 Å². The number of rotatable bonds is 20. The van der Waals surface area contributed by atoms with E-state index in [-0.39, 0.29) is 16.5 Å². The molecule has 18 heteroatoms. The molecule has 1 saturated heterocycles. The molecule has 0 saturated carbocycles. The molecule has 3 N–H and O–H groups in total. The van der Waals surface area contributed by atoms with Gasteiger partial charge in [0.15, 0.2) is 8.32 Å². The van der Waals surface area contributed by atoms with Gasteiger partial charge in [-0.15, -0.1) is 11.8 Å². The van der Waals surface area contributed by atoms with Gasteiger partial charge in [-0.25, -0.2) is 21.6 Å². The van der Waals surface area contributed by atoms with Crippen molar-refractivity contribution in [2.75, 3.05) is 55.8 Å². The van der Waals surface area contributed by atoms with Crippen molar-refractivity contribution < 1.29 is 44.3 Å². The third kappa shape index (κ3) is 13.8. The van der Waals surface area contributed by atoms with Crippen LogP contribution in [0.2, 0.25) is 18.1 Å². The van der Waals surface area contributed by atoms with Gasteiger partial charge in [0.05, 0.1) is 16.7 Å². The number of sulfone groups is 1. The molecule has 0 unspecified atom stereocenters. The molecule has 2 atom stereocenters. The lowest BCUT2D eigenvalue weighted by atomic mass is 9.84. The van der Waals surface area contributed by atoms with Gasteiger partial charge in [-0.1, -0.05) is 93.1 Å². The number of nitrogens with zero attached hydrogens (tertiary/aromatic N) is 2. The van der Waals surface area contributed by atoms with E-state index in [0.717, 1.165) is 45.0 Å². The van der Waals surface area contributed by atoms with Gasteiger partial charge < -0.3 is 24.6 Å². The maximum Gasteiger partial charge on any atom is 0.501 e. The highest BCUT2D eigenvalue weighted by molar-refractivity contribution is 7.99. The van der Waals surface area contributed by atoms with E-state index >= 15 is 0 Å². The molecule has 1 amide bonds. The van der Waals surface area contributed by atoms with Crippen molar-refractivity contribution in [2.24, 2.45) is 5.92 Å². The molecule has 5 aromatic rings. The van der Waals surface area contributed by atoms with Crippen molar-refractivity contribution >= 4 is 57.2 Å². The highest BCUT2D eigenvalue weighted by Gasteiger charge is 2.48. The Kier molecular flexibility index (Phi) is 17.8. The molecule has 0 spiro atoms. The minimum absolute atomic E-state index is 0.00463. The first-order valence-corrected chi connectivity index (χ1v) is 30.2. The zero-order chi connectivity index (χ0) is 51.1. The SMILES string of the molecule is Cc1ccc(-c2ccccc2[C@H](O)C2CCN(c3ccc(C(=O)NS(=O)(=O)c4ccc(N[C@H](CCN(C)CCO[Si](C)(C)C(C)(C)C)CSc5ccccc5)c(S(=O)(=O)C(F)(F)F)c4)cc3)CC2)cc1. The molecule has 0 aliphatic carbocycles. The molecular weight excluding hydrogens is 974 g/mol. The summed E-state index contributed by atoms with van der Waals surface area (Å²) in [5, 5.41) is 14.6. The van der Waals surface area contributed by atoms with E-state index in [2.05, 4.69) is 56.2 Å². The number of anilines is 2. The first kappa shape index (κ1) is 54.6. The number of hydrogen-bond acceptors (Lipinski definition) is 11. The molecule has 1 aliphatic heterocycles. The first-order valence-electron chi connectivity index (χ1n) is 23.3. The van der Waals surface area contributed by atoms with Crippen LogP contribution in [0.4, 0.5) is 24.5 Å². The predicted octanol–water partition coefficient (Wildman–Crippen LogP) is 10.9. The maximum absolute atomic E-state index is 14.3. The number of likely N-dealkylation sites (N-methyl/N-ethyl adjacent to an activating group) is 1. The first-order chi connectivity index (χ1) is 32.9. The molecule has 11 nitrogen and oxygen atoms in total. The number of sulfonamides is 1. The van der Waals surface area contributed by atoms with Crippen LogP contribution in [-0.4, -0.2) is 98.2 Å². The minimum atomic E-state index is -6.09. The van der Waals surface area contributed by atoms with Crippen LogP contribution in [0.25, 0.3) is 11.1 Å². The second-order valence-corrected chi connectivity index (χ2v) is 29.0. The fourth-order valence-electron chi connectivity index (χ4n) is 7.97. The zero-order valence-corrected chi connectivity index (χ0v) is 44.2. The lowest BCUT2D eigenvalue weighted by Crippen LogP contribution is -2.42. The van der Waals surface area contributed by atoms with Crippen molar-refractivity contribution in [3.8, 4) is 11.1 Å². The number of thioether (sulfide) groups is 1. The third-order valence-electron chi connectivity index (χ3n) is 13.4. The highest BCUT2D eigenvalue weighted by atomic mass is 32.2. The normalized spacial score (nSPS) is 15.2. The van der Waals surface area contributed by atoms with Gasteiger partial charge in [0.25, 0.3) is 25.8 Å². The van der Waals surface area contributed by atoms with Crippen LogP contribution in [-0.2, 0) is 24.3 Å². The summed E-state index contributed by atoms with van der Waals surface area (Å²) in [6.07, 6.45) is 1.11. The predicted molar refractivity (Wildman–Crippen MR) is 277 cm³/mol. The van der Waals surface area contributed by atoms with E-state index in [9.17, 15) is 39.9 Å². The van der Waals surface area contributed by atoms with Crippen LogP contribution in [0, 0.1) is 12.8 Å². The summed E-state index contributed by atoms with van der Waals surface area (Å²) >= 11 is 1.44. The summed E-state index contributed by atoms with van der Waals surface area (Å²) < 4.78 is 105. The smallest absolute Gasteiger partial charge is 0.416 e. The number of amides is 1. The number of carbonyl (C=O) groups is 1. The van der Waals surface area contributed by atoms with E-state index in [0.29, 0.717) is 63.9 Å². The number of aryl methyl sites for hydroxylation is 1. The van der Waals surface area contributed by atoms with Crippen LogP contribution >= 0.6 is 11.8 Å². The molecule has 5 aromatic carbocycles. The van der Waals surface area contributed by atoms with Crippen LogP contribution in [0.5, 0.6) is 0 Å². The van der Waals surface area contributed by atoms with E-state index in [1.807, 2.05) is 90.3 Å². The molecule has 1 heterocycles. The second-order valence-electron chi connectivity index (χ2n) is 19.5. The molecule has 0 aromatic heterocycles. The van der Waals surface area contributed by atoms with E-state index < -0.39 is 67.2 Å². The highest BCUT2D eigenvalue weighted by Crippen LogP contribution is 2.40. The number of benzene rings is 5. The van der Waals surface area contributed by atoms with Crippen LogP contribution in [0.15, 0.2) is 136 Å². The fraction of sp³-hybridized carbons (Fsp3) is 0.404. The monoisotopic (exact) mass is 1040 g/mol. The quantitative estimate of drug-likeness (QED) is 0.0506. The standard InChI is InChI=1S/C52H65F3N4O7S3Si/c1-37-17-19-38(20-18-37)45-15-11-12-16-46(45)49(60)39-27-31-59(32-28-39)42-23-21-40(22-24-42)50(61)57-69(64,65)44-25-26-47(48(35-44)68(62,63)52(53,54)55)56-41(36-67-43-13-9-8-10-14-43)29-30-58(5)33-34-66-70(6,7)51(2,3)4/h8-26,35,39,41,49,56,60H,27-34,36H2,1-7H3,(H,57,61)/t41-,49-/m1/s1. The Balaban J connectivity index is 1.13. The molecule has 70 heavy (non-hydrogen) atoms. The number of aliphatic hydroxyl groups excluding tert-OH is 1. The number of alkyl halides is 3. The van der Waals surface area contributed by atoms with Gasteiger partial charge in [-0.2, -0.15) is 13.2 Å². The second kappa shape index (κ2) is 22.8. The Hall–Kier alpha value is -4.69. The van der Waals surface area contributed by atoms with Crippen LogP contribution < -0.4 is 14.9 Å². The Morgan fingerprint density at radius 1 is 0.871 bits per heavy atom. The molecule has 1 aliphatic rings. The number of piperidine rings is 1. The number of halogens is 3.